The number of aliphatic carboxylic acids is 1. The maximum atomic E-state index is 10.2. The van der Waals surface area contributed by atoms with Crippen LogP contribution in [0.1, 0.15) is 90.4 Å². The van der Waals surface area contributed by atoms with Crippen molar-refractivity contribution in [3.05, 3.63) is 12.2 Å². The standard InChI is InChI=1S/C18H34O3.Li/c1-2-3-4-11-14-17(19)15-12-9-7-5-6-8-10-13-16-18(20)21;/h9,12,17,19H,2-8,10-11,13-16H2,1H3,(H,20,21);/q;+1/p-1/b12-9-;. The van der Waals surface area contributed by atoms with Crippen LogP contribution >= 0.6 is 0 Å². The number of aliphatic hydroxyl groups is 1. The molecule has 0 aromatic carbocycles. The first-order valence-electron chi connectivity index (χ1n) is 8.69. The molecule has 1 N–H and O–H groups in total. The van der Waals surface area contributed by atoms with E-state index in [1.807, 2.05) is 0 Å². The Morgan fingerprint density at radius 2 is 1.64 bits per heavy atom. The molecule has 0 saturated heterocycles. The summed E-state index contributed by atoms with van der Waals surface area (Å²) < 4.78 is 0. The Morgan fingerprint density at radius 3 is 2.32 bits per heavy atom. The largest absolute Gasteiger partial charge is 1.00 e. The molecule has 0 aromatic heterocycles. The first-order valence-corrected chi connectivity index (χ1v) is 8.69. The van der Waals surface area contributed by atoms with Gasteiger partial charge in [-0.3, -0.25) is 0 Å². The number of carboxylic acid groups (broad SMARTS) is 1. The number of aliphatic hydroxyl groups excluding tert-OH is 1. The van der Waals surface area contributed by atoms with E-state index in [-0.39, 0.29) is 31.4 Å². The molecule has 0 aliphatic carbocycles. The Kier molecular flexibility index (Phi) is 20.5. The average molecular weight is 304 g/mol. The van der Waals surface area contributed by atoms with Crippen molar-refractivity contribution in [3.63, 3.8) is 0 Å². The summed E-state index contributed by atoms with van der Waals surface area (Å²) in [4.78, 5) is 10.2. The number of carbonyl (C=O) groups is 1. The number of hydrogen-bond acceptors (Lipinski definition) is 3. The molecule has 1 atom stereocenters. The molecule has 0 aliphatic rings. The molecule has 0 amide bonds. The van der Waals surface area contributed by atoms with Gasteiger partial charge in [0.2, 0.25) is 0 Å². The van der Waals surface area contributed by atoms with Gasteiger partial charge in [-0.1, -0.05) is 64.0 Å². The minimum absolute atomic E-state index is 0. The summed E-state index contributed by atoms with van der Waals surface area (Å²) in [6, 6.07) is 0. The van der Waals surface area contributed by atoms with E-state index < -0.39 is 5.97 Å². The van der Waals surface area contributed by atoms with Crippen molar-refractivity contribution < 1.29 is 33.9 Å². The number of hydrogen-bond donors (Lipinski definition) is 1. The molecule has 0 aromatic rings. The Bertz CT molecular complexity index is 267. The van der Waals surface area contributed by atoms with Crippen LogP contribution in [0.3, 0.4) is 0 Å². The van der Waals surface area contributed by atoms with E-state index in [0.717, 1.165) is 57.8 Å². The summed E-state index contributed by atoms with van der Waals surface area (Å²) in [5.41, 5.74) is 0. The Balaban J connectivity index is 0. The third kappa shape index (κ3) is 19.8. The molecule has 0 radical (unpaired) electrons. The average Bonchev–Trinajstić information content (AvgIpc) is 2.45. The van der Waals surface area contributed by atoms with Crippen molar-refractivity contribution in [3.8, 4) is 0 Å². The van der Waals surface area contributed by atoms with Crippen LogP contribution in [-0.4, -0.2) is 17.2 Å². The van der Waals surface area contributed by atoms with Gasteiger partial charge in [-0.05, 0) is 38.5 Å². The van der Waals surface area contributed by atoms with E-state index in [0.29, 0.717) is 0 Å². The van der Waals surface area contributed by atoms with Gasteiger partial charge in [0, 0.05) is 5.97 Å². The maximum Gasteiger partial charge on any atom is 1.00 e. The SMILES string of the molecule is CCCCCCC(O)C/C=C\CCCCCCCC(=O)[O-].[Li+]. The molecule has 0 heterocycles. The molecule has 124 valence electrons. The van der Waals surface area contributed by atoms with Crippen molar-refractivity contribution in [1.29, 1.82) is 0 Å². The van der Waals surface area contributed by atoms with Gasteiger partial charge in [-0.25, -0.2) is 0 Å². The molecule has 0 rings (SSSR count). The Morgan fingerprint density at radius 1 is 1.00 bits per heavy atom. The second kappa shape index (κ2) is 18.8. The third-order valence-electron chi connectivity index (χ3n) is 3.72. The fourth-order valence-corrected chi connectivity index (χ4v) is 2.36. The van der Waals surface area contributed by atoms with E-state index in [4.69, 9.17) is 0 Å². The summed E-state index contributed by atoms with van der Waals surface area (Å²) in [6.45, 7) is 2.20. The third-order valence-corrected chi connectivity index (χ3v) is 3.72. The Hall–Kier alpha value is -0.233. The number of allylic oxidation sites excluding steroid dienone is 1. The fourth-order valence-electron chi connectivity index (χ4n) is 2.36. The van der Waals surface area contributed by atoms with Gasteiger partial charge < -0.3 is 15.0 Å². The molecule has 0 spiro atoms. The summed E-state index contributed by atoms with van der Waals surface area (Å²) in [5, 5.41) is 20.0. The minimum atomic E-state index is -0.939. The van der Waals surface area contributed by atoms with E-state index in [1.165, 1.54) is 19.3 Å². The molecular formula is C18H33LiO3. The van der Waals surface area contributed by atoms with Crippen LogP contribution in [0.4, 0.5) is 0 Å². The van der Waals surface area contributed by atoms with Gasteiger partial charge in [0.25, 0.3) is 0 Å². The predicted molar refractivity (Wildman–Crippen MR) is 85.8 cm³/mol. The smallest absolute Gasteiger partial charge is 0.550 e. The summed E-state index contributed by atoms with van der Waals surface area (Å²) in [7, 11) is 0. The zero-order valence-corrected chi connectivity index (χ0v) is 14.7. The van der Waals surface area contributed by atoms with Crippen molar-refractivity contribution in [2.75, 3.05) is 0 Å². The molecule has 0 fully saturated rings. The summed E-state index contributed by atoms with van der Waals surface area (Å²) in [6.07, 6.45) is 17.0. The normalized spacial score (nSPS) is 12.3. The van der Waals surface area contributed by atoms with Crippen LogP contribution in [0.25, 0.3) is 0 Å². The van der Waals surface area contributed by atoms with Crippen LogP contribution in [0, 0.1) is 0 Å². The second-order valence-electron chi connectivity index (χ2n) is 5.89. The predicted octanol–water partition coefficient (Wildman–Crippen LogP) is 0.749. The molecule has 22 heavy (non-hydrogen) atoms. The molecular weight excluding hydrogens is 271 g/mol. The van der Waals surface area contributed by atoms with Gasteiger partial charge in [0.15, 0.2) is 0 Å². The molecule has 0 aliphatic heterocycles. The zero-order valence-electron chi connectivity index (χ0n) is 14.7. The minimum Gasteiger partial charge on any atom is -0.550 e. The van der Waals surface area contributed by atoms with E-state index in [9.17, 15) is 15.0 Å². The fraction of sp³-hybridized carbons (Fsp3) is 0.833. The topological polar surface area (TPSA) is 60.4 Å². The molecule has 4 heteroatoms. The van der Waals surface area contributed by atoms with Gasteiger partial charge >= 0.3 is 18.9 Å². The van der Waals surface area contributed by atoms with Crippen molar-refractivity contribution in [2.24, 2.45) is 0 Å². The zero-order chi connectivity index (χ0) is 15.8. The van der Waals surface area contributed by atoms with E-state index in [1.54, 1.807) is 0 Å². The van der Waals surface area contributed by atoms with Crippen LogP contribution < -0.4 is 24.0 Å². The van der Waals surface area contributed by atoms with Crippen molar-refractivity contribution in [1.82, 2.24) is 0 Å². The van der Waals surface area contributed by atoms with E-state index in [2.05, 4.69) is 19.1 Å². The van der Waals surface area contributed by atoms with Gasteiger partial charge in [0.05, 0.1) is 6.10 Å². The molecule has 0 bridgehead atoms. The van der Waals surface area contributed by atoms with Gasteiger partial charge in [-0.15, -0.1) is 0 Å². The van der Waals surface area contributed by atoms with Crippen molar-refractivity contribution >= 4 is 5.97 Å². The van der Waals surface area contributed by atoms with Crippen LogP contribution in [0.15, 0.2) is 12.2 Å². The summed E-state index contributed by atoms with van der Waals surface area (Å²) >= 11 is 0. The molecule has 3 nitrogen and oxygen atoms in total. The van der Waals surface area contributed by atoms with E-state index >= 15 is 0 Å². The second-order valence-corrected chi connectivity index (χ2v) is 5.89. The maximum absolute atomic E-state index is 10.2. The first kappa shape index (κ1) is 24.0. The first-order chi connectivity index (χ1) is 10.2. The summed E-state index contributed by atoms with van der Waals surface area (Å²) in [5.74, 6) is -0.939. The monoisotopic (exact) mass is 304 g/mol. The Labute approximate surface area is 148 Å². The number of carboxylic acids is 1. The molecule has 1 unspecified atom stereocenters. The molecule has 0 saturated carbocycles. The van der Waals surface area contributed by atoms with Crippen LogP contribution in [0.5, 0.6) is 0 Å². The van der Waals surface area contributed by atoms with Crippen molar-refractivity contribution in [2.45, 2.75) is 96.5 Å². The van der Waals surface area contributed by atoms with Crippen LogP contribution in [-0.2, 0) is 4.79 Å². The number of rotatable bonds is 15. The quantitative estimate of drug-likeness (QED) is 0.276. The van der Waals surface area contributed by atoms with Gasteiger partial charge in [-0.2, -0.15) is 0 Å². The number of unbranched alkanes of at least 4 members (excludes halogenated alkanes) is 8. The van der Waals surface area contributed by atoms with Crippen LogP contribution in [0.2, 0.25) is 0 Å². The van der Waals surface area contributed by atoms with Gasteiger partial charge in [0.1, 0.15) is 0 Å². The number of carbonyl (C=O) groups excluding carboxylic acids is 1.